The summed E-state index contributed by atoms with van der Waals surface area (Å²) in [6, 6.07) is 0. The summed E-state index contributed by atoms with van der Waals surface area (Å²) in [6.07, 6.45) is -1.25. The Balaban J connectivity index is 2.83. The minimum Gasteiger partial charge on any atom is -0.282 e. The number of aromatic nitrogens is 2. The van der Waals surface area contributed by atoms with Crippen LogP contribution in [0.2, 0.25) is 0 Å². The third kappa shape index (κ3) is 3.53. The first kappa shape index (κ1) is 13.1. The van der Waals surface area contributed by atoms with Crippen LogP contribution in [-0.4, -0.2) is 16.7 Å². The van der Waals surface area contributed by atoms with Gasteiger partial charge in [-0.1, -0.05) is 17.3 Å². The summed E-state index contributed by atoms with van der Waals surface area (Å²) < 4.78 is 37.5. The molecular weight excluding hydrogens is 235 g/mol. The first-order valence-corrected chi connectivity index (χ1v) is 4.76. The molecule has 0 aliphatic rings. The van der Waals surface area contributed by atoms with Crippen molar-refractivity contribution in [2.45, 2.75) is 19.5 Å². The summed E-state index contributed by atoms with van der Waals surface area (Å²) >= 11 is 0. The van der Waals surface area contributed by atoms with Gasteiger partial charge in [0.2, 0.25) is 0 Å². The van der Waals surface area contributed by atoms with Gasteiger partial charge in [0.15, 0.2) is 5.69 Å². The maximum Gasteiger partial charge on any atom is 0.435 e. The Kier molecular flexibility index (Phi) is 4.17. The van der Waals surface area contributed by atoms with Gasteiger partial charge in [-0.25, -0.2) is 0 Å². The smallest absolute Gasteiger partial charge is 0.282 e. The van der Waals surface area contributed by atoms with Gasteiger partial charge in [-0.2, -0.15) is 18.3 Å². The summed E-state index contributed by atoms with van der Waals surface area (Å²) in [6.45, 7) is 1.72. The van der Waals surface area contributed by atoms with E-state index in [1.165, 1.54) is 19.1 Å². The number of rotatable bonds is 4. The lowest BCUT2D eigenvalue weighted by Gasteiger charge is -2.03. The Morgan fingerprint density at radius 2 is 2.24 bits per heavy atom. The molecule has 0 aromatic carbocycles. The van der Waals surface area contributed by atoms with E-state index in [-0.39, 0.29) is 12.1 Å². The molecule has 0 saturated heterocycles. The number of H-pyrrole nitrogens is 1. The van der Waals surface area contributed by atoms with Crippen molar-refractivity contribution in [2.24, 2.45) is 5.11 Å². The number of alkyl halides is 3. The number of halogens is 3. The van der Waals surface area contributed by atoms with E-state index in [2.05, 4.69) is 20.2 Å². The fourth-order valence-electron chi connectivity index (χ4n) is 1.24. The zero-order chi connectivity index (χ0) is 12.9. The van der Waals surface area contributed by atoms with E-state index in [9.17, 15) is 13.2 Å². The van der Waals surface area contributed by atoms with Gasteiger partial charge in [0, 0.05) is 22.7 Å². The van der Waals surface area contributed by atoms with Gasteiger partial charge in [0.25, 0.3) is 0 Å². The van der Waals surface area contributed by atoms with Crippen LogP contribution in [0, 0.1) is 6.92 Å². The van der Waals surface area contributed by atoms with Gasteiger partial charge >= 0.3 is 6.18 Å². The fraction of sp³-hybridized carbons (Fsp3) is 0.444. The highest BCUT2D eigenvalue weighted by molar-refractivity contribution is 5.55. The molecule has 0 spiro atoms. The molecule has 5 nitrogen and oxygen atoms in total. The first-order valence-electron chi connectivity index (χ1n) is 4.76. The quantitative estimate of drug-likeness (QED) is 0.375. The average molecular weight is 245 g/mol. The molecule has 0 aliphatic carbocycles. The summed E-state index contributed by atoms with van der Waals surface area (Å²) in [5.74, 6) is 0. The molecule has 0 aliphatic heterocycles. The molecule has 0 saturated carbocycles. The molecule has 92 valence electrons. The van der Waals surface area contributed by atoms with Gasteiger partial charge < -0.3 is 0 Å². The number of nitrogens with zero attached hydrogens (tertiary/aromatic N) is 4. The lowest BCUT2D eigenvalue weighted by atomic mass is 10.1. The van der Waals surface area contributed by atoms with Gasteiger partial charge in [-0.05, 0) is 18.9 Å². The van der Waals surface area contributed by atoms with E-state index >= 15 is 0 Å². The zero-order valence-corrected chi connectivity index (χ0v) is 8.99. The molecule has 1 N–H and O–H groups in total. The van der Waals surface area contributed by atoms with Crippen molar-refractivity contribution in [1.29, 1.82) is 0 Å². The monoisotopic (exact) mass is 245 g/mol. The maximum atomic E-state index is 12.5. The Morgan fingerprint density at radius 3 is 2.82 bits per heavy atom. The lowest BCUT2D eigenvalue weighted by molar-refractivity contribution is -0.141. The van der Waals surface area contributed by atoms with Gasteiger partial charge in [-0.15, -0.1) is 0 Å². The summed E-state index contributed by atoms with van der Waals surface area (Å²) in [4.78, 5) is 2.54. The largest absolute Gasteiger partial charge is 0.435 e. The predicted molar refractivity (Wildman–Crippen MR) is 56.0 cm³/mol. The van der Waals surface area contributed by atoms with E-state index in [0.717, 1.165) is 0 Å². The standard InChI is InChI=1S/C9H10F3N5/c1-6-7(4-2-3-5-14-17-13)8(16-15-6)9(10,11)12/h2,4H,3,5H2,1H3,(H,15,16). The predicted octanol–water partition coefficient (Wildman–Crippen LogP) is 3.45. The van der Waals surface area contributed by atoms with Crippen molar-refractivity contribution in [1.82, 2.24) is 10.2 Å². The van der Waals surface area contributed by atoms with Gasteiger partial charge in [0.1, 0.15) is 0 Å². The van der Waals surface area contributed by atoms with Crippen molar-refractivity contribution in [2.75, 3.05) is 6.54 Å². The Morgan fingerprint density at radius 1 is 1.53 bits per heavy atom. The summed E-state index contributed by atoms with van der Waals surface area (Å²) in [5.41, 5.74) is 7.44. The minimum absolute atomic E-state index is 0.0124. The van der Waals surface area contributed by atoms with Crippen LogP contribution in [0.1, 0.15) is 23.4 Å². The third-order valence-electron chi connectivity index (χ3n) is 2.01. The Hall–Kier alpha value is -1.95. The van der Waals surface area contributed by atoms with E-state index in [1.807, 2.05) is 0 Å². The fourth-order valence-corrected chi connectivity index (χ4v) is 1.24. The van der Waals surface area contributed by atoms with Gasteiger partial charge in [0.05, 0.1) is 0 Å². The van der Waals surface area contributed by atoms with Crippen LogP contribution in [0.4, 0.5) is 13.2 Å². The number of aromatic amines is 1. The second-order valence-corrected chi connectivity index (χ2v) is 3.25. The normalized spacial score (nSPS) is 11.8. The third-order valence-corrected chi connectivity index (χ3v) is 2.01. The van der Waals surface area contributed by atoms with Crippen molar-refractivity contribution in [3.63, 3.8) is 0 Å². The molecule has 0 atom stereocenters. The van der Waals surface area contributed by atoms with Crippen LogP contribution >= 0.6 is 0 Å². The SMILES string of the molecule is Cc1[nH]nc(C(F)(F)F)c1C=CCCN=[N+]=[N-]. The Bertz CT molecular complexity index is 454. The molecular formula is C9H10F3N5. The minimum atomic E-state index is -4.48. The van der Waals surface area contributed by atoms with Crippen LogP contribution in [0.25, 0.3) is 16.5 Å². The van der Waals surface area contributed by atoms with Crippen LogP contribution in [0.5, 0.6) is 0 Å². The van der Waals surface area contributed by atoms with Crippen LogP contribution in [0.15, 0.2) is 11.2 Å². The molecule has 0 unspecified atom stereocenters. The van der Waals surface area contributed by atoms with Crippen molar-refractivity contribution in [3.05, 3.63) is 33.5 Å². The van der Waals surface area contributed by atoms with Crippen molar-refractivity contribution in [3.8, 4) is 0 Å². The number of hydrogen-bond donors (Lipinski definition) is 1. The second kappa shape index (κ2) is 5.40. The van der Waals surface area contributed by atoms with Gasteiger partial charge in [-0.3, -0.25) is 5.10 Å². The van der Waals surface area contributed by atoms with E-state index in [0.29, 0.717) is 12.1 Å². The molecule has 1 heterocycles. The highest BCUT2D eigenvalue weighted by atomic mass is 19.4. The second-order valence-electron chi connectivity index (χ2n) is 3.25. The first-order chi connectivity index (χ1) is 7.96. The van der Waals surface area contributed by atoms with Crippen LogP contribution in [-0.2, 0) is 6.18 Å². The van der Waals surface area contributed by atoms with Crippen LogP contribution < -0.4 is 0 Å². The molecule has 0 fully saturated rings. The maximum absolute atomic E-state index is 12.5. The molecule has 8 heteroatoms. The van der Waals surface area contributed by atoms with Crippen LogP contribution in [0.3, 0.4) is 0 Å². The van der Waals surface area contributed by atoms with Crippen molar-refractivity contribution >= 4 is 6.08 Å². The molecule has 17 heavy (non-hydrogen) atoms. The summed E-state index contributed by atoms with van der Waals surface area (Å²) in [7, 11) is 0. The molecule has 0 amide bonds. The molecule has 1 aromatic rings. The highest BCUT2D eigenvalue weighted by Gasteiger charge is 2.36. The average Bonchev–Trinajstić information content (AvgIpc) is 2.59. The molecule has 1 rings (SSSR count). The highest BCUT2D eigenvalue weighted by Crippen LogP contribution is 2.32. The zero-order valence-electron chi connectivity index (χ0n) is 8.99. The summed E-state index contributed by atoms with van der Waals surface area (Å²) in [5, 5.41) is 8.78. The van der Waals surface area contributed by atoms with Crippen molar-refractivity contribution < 1.29 is 13.2 Å². The Labute approximate surface area is 95.0 Å². The lowest BCUT2D eigenvalue weighted by Crippen LogP contribution is -2.07. The number of nitrogens with one attached hydrogen (secondary N) is 1. The van der Waals surface area contributed by atoms with E-state index < -0.39 is 11.9 Å². The molecule has 0 radical (unpaired) electrons. The molecule has 0 bridgehead atoms. The van der Waals surface area contributed by atoms with E-state index in [1.54, 1.807) is 0 Å². The number of azide groups is 1. The number of hydrogen-bond acceptors (Lipinski definition) is 2. The topological polar surface area (TPSA) is 77.4 Å². The molecule has 1 aromatic heterocycles. The van der Waals surface area contributed by atoms with E-state index in [4.69, 9.17) is 5.53 Å². The number of aryl methyl sites for hydroxylation is 1.